The van der Waals surface area contributed by atoms with Gasteiger partial charge in [0, 0.05) is 56.3 Å². The van der Waals surface area contributed by atoms with Crippen molar-refractivity contribution >= 4 is 21.6 Å². The second-order valence-corrected chi connectivity index (χ2v) is 7.29. The second kappa shape index (κ2) is 6.31. The highest BCUT2D eigenvalue weighted by Crippen LogP contribution is 2.24. The average molecular weight is 389 g/mol. The van der Waals surface area contributed by atoms with Crippen LogP contribution in [0.4, 0.5) is 0 Å². The quantitative estimate of drug-likeness (QED) is 0.747. The third kappa shape index (κ3) is 2.76. The van der Waals surface area contributed by atoms with E-state index in [9.17, 15) is 0 Å². The van der Waals surface area contributed by atoms with E-state index in [1.54, 1.807) is 0 Å². The number of piperazine rings is 1. The smallest absolute Gasteiger partial charge is 0.139 e. The van der Waals surface area contributed by atoms with E-state index in [2.05, 4.69) is 71.3 Å². The number of aromatic nitrogens is 4. The largest absolute Gasteiger partial charge is 0.337 e. The third-order valence-corrected chi connectivity index (χ3v) is 5.14. The Labute approximate surface area is 149 Å². The van der Waals surface area contributed by atoms with E-state index in [1.165, 1.54) is 11.3 Å². The molecular weight excluding hydrogens is 368 g/mol. The highest BCUT2D eigenvalue weighted by Gasteiger charge is 2.27. The molecule has 0 bridgehead atoms. The number of pyridine rings is 1. The number of imidazole rings is 2. The average Bonchev–Trinajstić information content (AvgIpc) is 3.15. The zero-order chi connectivity index (χ0) is 16.7. The molecule has 4 rings (SSSR count). The molecule has 126 valence electrons. The molecule has 3 aromatic rings. The van der Waals surface area contributed by atoms with Gasteiger partial charge in [-0.3, -0.25) is 4.90 Å². The van der Waals surface area contributed by atoms with Crippen LogP contribution in [-0.4, -0.2) is 43.5 Å². The van der Waals surface area contributed by atoms with Crippen LogP contribution in [0.1, 0.15) is 23.1 Å². The molecule has 1 atom stereocenters. The van der Waals surface area contributed by atoms with Crippen LogP contribution >= 0.6 is 15.9 Å². The van der Waals surface area contributed by atoms with Gasteiger partial charge in [0.25, 0.3) is 0 Å². The minimum Gasteiger partial charge on any atom is -0.337 e. The Balaban J connectivity index is 1.67. The molecule has 0 amide bonds. The summed E-state index contributed by atoms with van der Waals surface area (Å²) in [6.45, 7) is 5.87. The number of nitrogens with zero attached hydrogens (tertiary/aromatic N) is 5. The van der Waals surface area contributed by atoms with Crippen molar-refractivity contribution in [2.24, 2.45) is 7.05 Å². The SMILES string of the molecule is Cc1cc(Br)cn2c(CN3CCNCC3c3nccn3C)cnc12. The lowest BCUT2D eigenvalue weighted by molar-refractivity contribution is 0.142. The van der Waals surface area contributed by atoms with E-state index in [4.69, 9.17) is 0 Å². The Hall–Kier alpha value is -1.70. The number of hydrogen-bond acceptors (Lipinski definition) is 4. The highest BCUT2D eigenvalue weighted by atomic mass is 79.9. The van der Waals surface area contributed by atoms with Crippen LogP contribution in [-0.2, 0) is 13.6 Å². The Kier molecular flexibility index (Phi) is 4.15. The van der Waals surface area contributed by atoms with Gasteiger partial charge in [0.2, 0.25) is 0 Å². The fourth-order valence-electron chi connectivity index (χ4n) is 3.48. The maximum absolute atomic E-state index is 4.61. The number of fused-ring (bicyclic) bond motifs is 1. The van der Waals surface area contributed by atoms with Gasteiger partial charge in [-0.1, -0.05) is 0 Å². The molecule has 4 heterocycles. The normalized spacial score (nSPS) is 19.2. The van der Waals surface area contributed by atoms with Gasteiger partial charge in [-0.2, -0.15) is 0 Å². The zero-order valence-electron chi connectivity index (χ0n) is 13.9. The first-order valence-electron chi connectivity index (χ1n) is 8.17. The summed E-state index contributed by atoms with van der Waals surface area (Å²) in [6, 6.07) is 2.38. The molecule has 1 aliphatic rings. The predicted octanol–water partition coefficient (Wildman–Crippen LogP) is 2.29. The van der Waals surface area contributed by atoms with E-state index in [0.29, 0.717) is 0 Å². The van der Waals surface area contributed by atoms with Crippen LogP contribution in [0, 0.1) is 6.92 Å². The lowest BCUT2D eigenvalue weighted by Crippen LogP contribution is -2.46. The van der Waals surface area contributed by atoms with Crippen molar-refractivity contribution in [2.45, 2.75) is 19.5 Å². The molecule has 0 radical (unpaired) electrons. The maximum atomic E-state index is 4.61. The van der Waals surface area contributed by atoms with Crippen molar-refractivity contribution < 1.29 is 0 Å². The molecular formula is C17H21BrN6. The van der Waals surface area contributed by atoms with Crippen LogP contribution in [0.3, 0.4) is 0 Å². The summed E-state index contributed by atoms with van der Waals surface area (Å²) in [6.07, 6.45) is 7.97. The van der Waals surface area contributed by atoms with Crippen molar-refractivity contribution in [3.8, 4) is 0 Å². The molecule has 0 aromatic carbocycles. The summed E-state index contributed by atoms with van der Waals surface area (Å²) in [7, 11) is 2.06. The van der Waals surface area contributed by atoms with Crippen LogP contribution in [0.2, 0.25) is 0 Å². The first-order chi connectivity index (χ1) is 11.6. The van der Waals surface area contributed by atoms with Gasteiger partial charge in [-0.25, -0.2) is 9.97 Å². The molecule has 6 nitrogen and oxygen atoms in total. The summed E-state index contributed by atoms with van der Waals surface area (Å²) < 4.78 is 5.38. The van der Waals surface area contributed by atoms with Gasteiger partial charge in [-0.15, -0.1) is 0 Å². The monoisotopic (exact) mass is 388 g/mol. The fraction of sp³-hybridized carbons (Fsp3) is 0.412. The second-order valence-electron chi connectivity index (χ2n) is 6.37. The van der Waals surface area contributed by atoms with Crippen LogP contribution < -0.4 is 5.32 Å². The van der Waals surface area contributed by atoms with E-state index >= 15 is 0 Å². The van der Waals surface area contributed by atoms with Gasteiger partial charge >= 0.3 is 0 Å². The molecule has 1 unspecified atom stereocenters. The number of hydrogen-bond donors (Lipinski definition) is 1. The summed E-state index contributed by atoms with van der Waals surface area (Å²) in [5, 5.41) is 3.49. The number of aryl methyl sites for hydroxylation is 2. The van der Waals surface area contributed by atoms with Crippen molar-refractivity contribution in [3.63, 3.8) is 0 Å². The Bertz CT molecular complexity index is 867. The molecule has 1 N–H and O–H groups in total. The fourth-order valence-corrected chi connectivity index (χ4v) is 4.03. The lowest BCUT2D eigenvalue weighted by atomic mass is 10.1. The van der Waals surface area contributed by atoms with Crippen molar-refractivity contribution in [1.82, 2.24) is 29.2 Å². The van der Waals surface area contributed by atoms with Crippen LogP contribution in [0.5, 0.6) is 0 Å². The Morgan fingerprint density at radius 3 is 3.04 bits per heavy atom. The Morgan fingerprint density at radius 2 is 2.25 bits per heavy atom. The molecule has 1 saturated heterocycles. The number of rotatable bonds is 3. The van der Waals surface area contributed by atoms with E-state index in [0.717, 1.165) is 42.1 Å². The van der Waals surface area contributed by atoms with Gasteiger partial charge in [0.05, 0.1) is 17.9 Å². The van der Waals surface area contributed by atoms with Crippen molar-refractivity contribution in [2.75, 3.05) is 19.6 Å². The maximum Gasteiger partial charge on any atom is 0.139 e. The molecule has 1 fully saturated rings. The van der Waals surface area contributed by atoms with E-state index < -0.39 is 0 Å². The number of halogens is 1. The minimum absolute atomic E-state index is 0.276. The van der Waals surface area contributed by atoms with Gasteiger partial charge in [-0.05, 0) is 34.5 Å². The summed E-state index contributed by atoms with van der Waals surface area (Å²) in [5.41, 5.74) is 3.41. The van der Waals surface area contributed by atoms with Gasteiger partial charge < -0.3 is 14.3 Å². The van der Waals surface area contributed by atoms with Crippen LogP contribution in [0.15, 0.2) is 35.3 Å². The number of nitrogens with one attached hydrogen (secondary N) is 1. The van der Waals surface area contributed by atoms with E-state index in [1.807, 2.05) is 18.6 Å². The Morgan fingerprint density at radius 1 is 1.38 bits per heavy atom. The zero-order valence-corrected chi connectivity index (χ0v) is 15.5. The summed E-state index contributed by atoms with van der Waals surface area (Å²) >= 11 is 3.59. The molecule has 0 spiro atoms. The third-order valence-electron chi connectivity index (χ3n) is 4.71. The topological polar surface area (TPSA) is 50.4 Å². The molecule has 3 aromatic heterocycles. The van der Waals surface area contributed by atoms with E-state index in [-0.39, 0.29) is 6.04 Å². The summed E-state index contributed by atoms with van der Waals surface area (Å²) in [5.74, 6) is 1.10. The lowest BCUT2D eigenvalue weighted by Gasteiger charge is -2.35. The van der Waals surface area contributed by atoms with Crippen molar-refractivity contribution in [3.05, 3.63) is 52.4 Å². The van der Waals surface area contributed by atoms with Gasteiger partial charge in [0.15, 0.2) is 0 Å². The standard InChI is InChI=1S/C17H21BrN6/c1-12-7-13(18)10-24-14(8-21-16(12)24)11-23-6-3-19-9-15(23)17-20-4-5-22(17)2/h4-5,7-8,10,15,19H,3,6,9,11H2,1-2H3. The molecule has 24 heavy (non-hydrogen) atoms. The first kappa shape index (κ1) is 15.8. The summed E-state index contributed by atoms with van der Waals surface area (Å²) in [4.78, 5) is 11.7. The van der Waals surface area contributed by atoms with Crippen molar-refractivity contribution in [1.29, 1.82) is 0 Å². The first-order valence-corrected chi connectivity index (χ1v) is 8.97. The van der Waals surface area contributed by atoms with Crippen LogP contribution in [0.25, 0.3) is 5.65 Å². The van der Waals surface area contributed by atoms with Gasteiger partial charge in [0.1, 0.15) is 11.5 Å². The molecule has 0 aliphatic carbocycles. The molecule has 0 saturated carbocycles. The minimum atomic E-state index is 0.276. The highest BCUT2D eigenvalue weighted by molar-refractivity contribution is 9.10. The predicted molar refractivity (Wildman–Crippen MR) is 96.9 cm³/mol. The molecule has 1 aliphatic heterocycles. The molecule has 7 heteroatoms.